The molecule has 0 amide bonds. The third kappa shape index (κ3) is 2.54. The Morgan fingerprint density at radius 3 is 2.46 bits per heavy atom. The molecular weight excluding hydrogens is 356 g/mol. The standard InChI is InChI=1S/C23H26OS2/c1-22-10-9-17-15-18(24)7-8-19(17)21(22)20(16-5-3-2-4-6-16)23(12-11-22)25-13-14-26-23/h2-8,15,20-21,24H,9-14H2,1H3. The summed E-state index contributed by atoms with van der Waals surface area (Å²) in [6.07, 6.45) is 4.98. The molecule has 1 heterocycles. The van der Waals surface area contributed by atoms with Crippen LogP contribution >= 0.6 is 23.5 Å². The van der Waals surface area contributed by atoms with Crippen molar-refractivity contribution < 1.29 is 5.11 Å². The highest BCUT2D eigenvalue weighted by Crippen LogP contribution is 2.69. The van der Waals surface area contributed by atoms with E-state index in [9.17, 15) is 5.11 Å². The summed E-state index contributed by atoms with van der Waals surface area (Å²) in [6, 6.07) is 17.4. The summed E-state index contributed by atoms with van der Waals surface area (Å²) in [5.41, 5.74) is 4.74. The molecule has 1 saturated carbocycles. The van der Waals surface area contributed by atoms with E-state index in [2.05, 4.69) is 66.8 Å². The van der Waals surface area contributed by atoms with E-state index >= 15 is 0 Å². The van der Waals surface area contributed by atoms with Crippen LogP contribution in [0.1, 0.15) is 54.7 Å². The number of rotatable bonds is 1. The molecule has 2 aromatic carbocycles. The average Bonchev–Trinajstić information content (AvgIpc) is 3.12. The van der Waals surface area contributed by atoms with Crippen molar-refractivity contribution in [2.24, 2.45) is 5.41 Å². The summed E-state index contributed by atoms with van der Waals surface area (Å²) in [5.74, 6) is 4.06. The molecule has 1 saturated heterocycles. The number of phenols is 1. The zero-order valence-corrected chi connectivity index (χ0v) is 16.9. The Kier molecular flexibility index (Phi) is 4.09. The fraction of sp³-hybridized carbons (Fsp3) is 0.478. The van der Waals surface area contributed by atoms with Gasteiger partial charge in [0, 0.05) is 17.4 Å². The molecule has 136 valence electrons. The first-order chi connectivity index (χ1) is 12.6. The summed E-state index contributed by atoms with van der Waals surface area (Å²) in [6.45, 7) is 2.53. The van der Waals surface area contributed by atoms with Crippen LogP contribution in [-0.4, -0.2) is 20.7 Å². The van der Waals surface area contributed by atoms with Crippen molar-refractivity contribution in [3.63, 3.8) is 0 Å². The maximum absolute atomic E-state index is 10.0. The number of aromatic hydroxyl groups is 1. The number of phenolic OH excluding ortho intramolecular Hbond substituents is 1. The van der Waals surface area contributed by atoms with Crippen molar-refractivity contribution in [3.05, 3.63) is 65.2 Å². The Balaban J connectivity index is 1.71. The third-order valence-corrected chi connectivity index (χ3v) is 10.6. The Labute approximate surface area is 165 Å². The van der Waals surface area contributed by atoms with Gasteiger partial charge in [-0.3, -0.25) is 0 Å². The minimum atomic E-state index is 0.317. The van der Waals surface area contributed by atoms with Crippen molar-refractivity contribution in [2.45, 2.75) is 48.5 Å². The van der Waals surface area contributed by atoms with E-state index < -0.39 is 0 Å². The van der Waals surface area contributed by atoms with Gasteiger partial charge in [-0.25, -0.2) is 0 Å². The van der Waals surface area contributed by atoms with E-state index in [1.54, 1.807) is 0 Å². The molecule has 3 aliphatic rings. The second-order valence-electron chi connectivity index (χ2n) is 8.41. The normalized spacial score (nSPS) is 32.2. The van der Waals surface area contributed by atoms with Gasteiger partial charge in [0.1, 0.15) is 5.75 Å². The molecule has 1 spiro atoms. The van der Waals surface area contributed by atoms with E-state index in [-0.39, 0.29) is 0 Å². The van der Waals surface area contributed by atoms with Crippen LogP contribution in [0, 0.1) is 5.41 Å². The lowest BCUT2D eigenvalue weighted by atomic mass is 9.53. The molecule has 1 aliphatic heterocycles. The van der Waals surface area contributed by atoms with Crippen molar-refractivity contribution >= 4 is 23.5 Å². The lowest BCUT2D eigenvalue weighted by Crippen LogP contribution is -2.47. The van der Waals surface area contributed by atoms with Crippen LogP contribution in [0.5, 0.6) is 5.75 Å². The molecule has 1 nitrogen and oxygen atoms in total. The van der Waals surface area contributed by atoms with Crippen LogP contribution in [-0.2, 0) is 6.42 Å². The summed E-state index contributed by atoms with van der Waals surface area (Å²) < 4.78 is 0.317. The van der Waals surface area contributed by atoms with Crippen molar-refractivity contribution in [1.29, 1.82) is 0 Å². The molecule has 0 radical (unpaired) electrons. The number of benzene rings is 2. The Morgan fingerprint density at radius 2 is 1.69 bits per heavy atom. The minimum Gasteiger partial charge on any atom is -0.508 e. The van der Waals surface area contributed by atoms with E-state index in [0.717, 1.165) is 6.42 Å². The van der Waals surface area contributed by atoms with E-state index in [1.807, 2.05) is 12.1 Å². The largest absolute Gasteiger partial charge is 0.508 e. The molecule has 5 rings (SSSR count). The molecule has 0 bridgehead atoms. The van der Waals surface area contributed by atoms with Crippen LogP contribution in [0.2, 0.25) is 0 Å². The Morgan fingerprint density at radius 1 is 0.923 bits per heavy atom. The number of aryl methyl sites for hydroxylation is 1. The van der Waals surface area contributed by atoms with E-state index in [1.165, 1.54) is 47.5 Å². The van der Waals surface area contributed by atoms with Crippen LogP contribution in [0.25, 0.3) is 0 Å². The van der Waals surface area contributed by atoms with Gasteiger partial charge in [-0.05, 0) is 65.8 Å². The first-order valence-electron chi connectivity index (χ1n) is 9.76. The van der Waals surface area contributed by atoms with Crippen LogP contribution in [0.15, 0.2) is 48.5 Å². The first-order valence-corrected chi connectivity index (χ1v) is 11.7. The molecule has 3 unspecified atom stereocenters. The highest BCUT2D eigenvalue weighted by molar-refractivity contribution is 8.21. The third-order valence-electron chi connectivity index (χ3n) is 6.96. The van der Waals surface area contributed by atoms with Gasteiger partial charge in [0.15, 0.2) is 0 Å². The fourth-order valence-electron chi connectivity index (χ4n) is 5.70. The molecule has 1 N–H and O–H groups in total. The molecule has 3 heteroatoms. The number of hydrogen-bond acceptors (Lipinski definition) is 3. The van der Waals surface area contributed by atoms with Crippen LogP contribution in [0.3, 0.4) is 0 Å². The summed E-state index contributed by atoms with van der Waals surface area (Å²) in [5, 5.41) is 10.0. The molecule has 3 atom stereocenters. The van der Waals surface area contributed by atoms with Crippen molar-refractivity contribution in [3.8, 4) is 5.75 Å². The highest BCUT2D eigenvalue weighted by atomic mass is 32.2. The lowest BCUT2D eigenvalue weighted by Gasteiger charge is -2.56. The summed E-state index contributed by atoms with van der Waals surface area (Å²) in [4.78, 5) is 0. The second-order valence-corrected chi connectivity index (χ2v) is 11.5. The van der Waals surface area contributed by atoms with Crippen molar-refractivity contribution in [2.75, 3.05) is 11.5 Å². The SMILES string of the molecule is CC12CCc3cc(O)ccc3C1C(c1ccccc1)C1(CC2)SCCS1. The zero-order valence-electron chi connectivity index (χ0n) is 15.3. The predicted molar refractivity (Wildman–Crippen MR) is 113 cm³/mol. The van der Waals surface area contributed by atoms with Gasteiger partial charge in [-0.1, -0.05) is 43.3 Å². The van der Waals surface area contributed by atoms with Gasteiger partial charge in [0.05, 0.1) is 4.08 Å². The molecule has 2 fully saturated rings. The van der Waals surface area contributed by atoms with Crippen LogP contribution < -0.4 is 0 Å². The topological polar surface area (TPSA) is 20.2 Å². The Bertz CT molecular complexity index is 812. The second kappa shape index (κ2) is 6.24. The maximum Gasteiger partial charge on any atom is 0.115 e. The quantitative estimate of drug-likeness (QED) is 0.636. The number of hydrogen-bond donors (Lipinski definition) is 1. The molecule has 2 aromatic rings. The smallest absolute Gasteiger partial charge is 0.115 e. The van der Waals surface area contributed by atoms with Gasteiger partial charge in [-0.15, -0.1) is 23.5 Å². The Hall–Kier alpha value is -1.06. The zero-order chi connectivity index (χ0) is 17.8. The van der Waals surface area contributed by atoms with E-state index in [4.69, 9.17) is 0 Å². The summed E-state index contributed by atoms with van der Waals surface area (Å²) in [7, 11) is 0. The number of thioether (sulfide) groups is 2. The van der Waals surface area contributed by atoms with Gasteiger partial charge >= 0.3 is 0 Å². The van der Waals surface area contributed by atoms with Crippen LogP contribution in [0.4, 0.5) is 0 Å². The molecule has 2 aliphatic carbocycles. The maximum atomic E-state index is 10.0. The van der Waals surface area contributed by atoms with Gasteiger partial charge in [-0.2, -0.15) is 0 Å². The average molecular weight is 383 g/mol. The van der Waals surface area contributed by atoms with Gasteiger partial charge < -0.3 is 5.11 Å². The monoisotopic (exact) mass is 382 g/mol. The van der Waals surface area contributed by atoms with Gasteiger partial charge in [0.25, 0.3) is 0 Å². The van der Waals surface area contributed by atoms with E-state index in [0.29, 0.717) is 27.1 Å². The molecular formula is C23H26OS2. The highest BCUT2D eigenvalue weighted by Gasteiger charge is 2.57. The van der Waals surface area contributed by atoms with Crippen molar-refractivity contribution in [1.82, 2.24) is 0 Å². The first kappa shape index (κ1) is 17.1. The number of fused-ring (bicyclic) bond motifs is 3. The fourth-order valence-corrected chi connectivity index (χ4v) is 9.28. The molecule has 0 aromatic heterocycles. The minimum absolute atomic E-state index is 0.317. The molecule has 26 heavy (non-hydrogen) atoms. The van der Waals surface area contributed by atoms with Gasteiger partial charge in [0.2, 0.25) is 0 Å². The predicted octanol–water partition coefficient (Wildman–Crippen LogP) is 6.18. The lowest BCUT2D eigenvalue weighted by molar-refractivity contribution is 0.124. The summed E-state index contributed by atoms with van der Waals surface area (Å²) >= 11 is 4.43.